The molecule has 0 unspecified atom stereocenters. The predicted molar refractivity (Wildman–Crippen MR) is 237 cm³/mol. The van der Waals surface area contributed by atoms with Crippen LogP contribution in [-0.4, -0.2) is 0 Å². The summed E-state index contributed by atoms with van der Waals surface area (Å²) in [6.45, 7) is 0. The van der Waals surface area contributed by atoms with Crippen molar-refractivity contribution in [3.63, 3.8) is 0 Å². The summed E-state index contributed by atoms with van der Waals surface area (Å²) in [6.07, 6.45) is 0. The topological polar surface area (TPSA) is 16.4 Å². The molecule has 268 valence electrons. The second kappa shape index (κ2) is 13.4. The average molecular weight is 728 g/mol. The van der Waals surface area contributed by atoms with Gasteiger partial charge in [-0.3, -0.25) is 0 Å². The molecule has 11 rings (SSSR count). The zero-order chi connectivity index (χ0) is 37.8. The summed E-state index contributed by atoms with van der Waals surface area (Å²) in [5.41, 5.74) is 16.7. The number of fused-ring (bicyclic) bond motifs is 6. The van der Waals surface area contributed by atoms with Gasteiger partial charge in [-0.1, -0.05) is 176 Å². The third-order valence-electron chi connectivity index (χ3n) is 11.8. The number of nitrogens with zero attached hydrogens (tertiary/aromatic N) is 1. The summed E-state index contributed by atoms with van der Waals surface area (Å²) in [7, 11) is 0. The van der Waals surface area contributed by atoms with Gasteiger partial charge in [0.25, 0.3) is 0 Å². The van der Waals surface area contributed by atoms with Gasteiger partial charge in [0, 0.05) is 33.9 Å². The van der Waals surface area contributed by atoms with Crippen LogP contribution in [0.1, 0.15) is 22.3 Å². The predicted octanol–water partition coefficient (Wildman–Crippen LogP) is 14.8. The van der Waals surface area contributed by atoms with E-state index in [0.717, 1.165) is 39.0 Å². The van der Waals surface area contributed by atoms with Crippen molar-refractivity contribution >= 4 is 39.0 Å². The van der Waals surface area contributed by atoms with Crippen molar-refractivity contribution < 1.29 is 4.42 Å². The lowest BCUT2D eigenvalue weighted by molar-refractivity contribution is 0.667. The number of benzene rings is 9. The smallest absolute Gasteiger partial charge is 0.137 e. The minimum Gasteiger partial charge on any atom is -0.456 e. The second-order valence-electron chi connectivity index (χ2n) is 14.8. The van der Waals surface area contributed by atoms with Gasteiger partial charge in [-0.25, -0.2) is 0 Å². The number of anilines is 3. The fourth-order valence-corrected chi connectivity index (χ4v) is 9.26. The first-order valence-corrected chi connectivity index (χ1v) is 19.6. The molecule has 0 radical (unpaired) electrons. The van der Waals surface area contributed by atoms with Crippen LogP contribution in [0, 0.1) is 0 Å². The third kappa shape index (κ3) is 5.26. The Bertz CT molecular complexity index is 2910. The molecule has 0 saturated carbocycles. The van der Waals surface area contributed by atoms with E-state index >= 15 is 0 Å². The Morgan fingerprint density at radius 2 is 0.789 bits per heavy atom. The summed E-state index contributed by atoms with van der Waals surface area (Å²) >= 11 is 0. The molecular weight excluding hydrogens is 691 g/mol. The molecule has 1 aromatic heterocycles. The highest BCUT2D eigenvalue weighted by molar-refractivity contribution is 6.10. The van der Waals surface area contributed by atoms with Crippen LogP contribution in [0.4, 0.5) is 17.1 Å². The van der Waals surface area contributed by atoms with E-state index in [0.29, 0.717) is 0 Å². The molecule has 0 atom stereocenters. The van der Waals surface area contributed by atoms with Gasteiger partial charge in [-0.15, -0.1) is 0 Å². The molecule has 1 aliphatic carbocycles. The molecule has 0 bridgehead atoms. The maximum Gasteiger partial charge on any atom is 0.137 e. The van der Waals surface area contributed by atoms with Crippen molar-refractivity contribution in [3.8, 4) is 33.4 Å². The second-order valence-corrected chi connectivity index (χ2v) is 14.8. The van der Waals surface area contributed by atoms with Crippen LogP contribution in [-0.2, 0) is 5.41 Å². The van der Waals surface area contributed by atoms with Crippen LogP contribution >= 0.6 is 0 Å². The standard InChI is InChI=1S/C55H37NO/c1-4-15-38(16-5-1)40-27-31-43(32-28-40)56(44-33-29-41(30-34-44)39-17-6-2-7-18-39)45-35-36-48-53(37-45)57-52-26-14-25-51(54(48)52)55(42-19-8-3-9-20-42)49-23-12-10-21-46(49)47-22-11-13-24-50(47)55/h1-37H. The molecule has 2 nitrogen and oxygen atoms in total. The highest BCUT2D eigenvalue weighted by Gasteiger charge is 2.47. The number of hydrogen-bond acceptors (Lipinski definition) is 2. The zero-order valence-corrected chi connectivity index (χ0v) is 31.2. The highest BCUT2D eigenvalue weighted by Crippen LogP contribution is 2.58. The van der Waals surface area contributed by atoms with Crippen molar-refractivity contribution in [2.24, 2.45) is 0 Å². The Balaban J connectivity index is 1.10. The van der Waals surface area contributed by atoms with Crippen molar-refractivity contribution in [3.05, 3.63) is 247 Å². The third-order valence-corrected chi connectivity index (χ3v) is 11.8. The SMILES string of the molecule is c1ccc(-c2ccc(N(c3ccc(-c4ccccc4)cc3)c3ccc4c(c3)oc3cccc(C5(c6ccccc6)c6ccccc6-c6ccccc65)c34)cc2)cc1. The van der Waals surface area contributed by atoms with E-state index in [1.165, 1.54) is 55.6 Å². The van der Waals surface area contributed by atoms with Gasteiger partial charge in [0.1, 0.15) is 11.2 Å². The first kappa shape index (κ1) is 33.0. The monoisotopic (exact) mass is 727 g/mol. The van der Waals surface area contributed by atoms with Crippen LogP contribution in [0.3, 0.4) is 0 Å². The molecule has 0 amide bonds. The molecule has 0 fully saturated rings. The van der Waals surface area contributed by atoms with E-state index in [1.54, 1.807) is 0 Å². The first-order chi connectivity index (χ1) is 28.3. The van der Waals surface area contributed by atoms with E-state index in [9.17, 15) is 0 Å². The van der Waals surface area contributed by atoms with Crippen LogP contribution in [0.15, 0.2) is 229 Å². The fourth-order valence-electron chi connectivity index (χ4n) is 9.26. The zero-order valence-electron chi connectivity index (χ0n) is 31.2. The molecule has 2 heteroatoms. The van der Waals surface area contributed by atoms with Crippen molar-refractivity contribution in [1.29, 1.82) is 0 Å². The molecule has 1 aliphatic rings. The lowest BCUT2D eigenvalue weighted by Crippen LogP contribution is -2.28. The maximum absolute atomic E-state index is 6.90. The van der Waals surface area contributed by atoms with E-state index in [-0.39, 0.29) is 0 Å². The molecular formula is C55H37NO. The Kier molecular flexibility index (Phi) is 7.75. The van der Waals surface area contributed by atoms with Crippen LogP contribution in [0.25, 0.3) is 55.3 Å². The molecule has 57 heavy (non-hydrogen) atoms. The highest BCUT2D eigenvalue weighted by atomic mass is 16.3. The first-order valence-electron chi connectivity index (χ1n) is 19.6. The van der Waals surface area contributed by atoms with Gasteiger partial charge in [0.15, 0.2) is 0 Å². The Morgan fingerprint density at radius 3 is 1.35 bits per heavy atom. The summed E-state index contributed by atoms with van der Waals surface area (Å²) in [5.74, 6) is 0. The molecule has 10 aromatic rings. The lowest BCUT2D eigenvalue weighted by atomic mass is 9.66. The van der Waals surface area contributed by atoms with Crippen molar-refractivity contribution in [1.82, 2.24) is 0 Å². The van der Waals surface area contributed by atoms with E-state index < -0.39 is 5.41 Å². The Labute approximate surface area is 332 Å². The number of hydrogen-bond donors (Lipinski definition) is 0. The summed E-state index contributed by atoms with van der Waals surface area (Å²) in [4.78, 5) is 2.33. The van der Waals surface area contributed by atoms with E-state index in [1.807, 2.05) is 0 Å². The van der Waals surface area contributed by atoms with Crippen LogP contribution in [0.5, 0.6) is 0 Å². The Morgan fingerprint density at radius 1 is 0.333 bits per heavy atom. The van der Waals surface area contributed by atoms with E-state index in [4.69, 9.17) is 4.42 Å². The van der Waals surface area contributed by atoms with Gasteiger partial charge < -0.3 is 9.32 Å². The van der Waals surface area contributed by atoms with Gasteiger partial charge in [0.2, 0.25) is 0 Å². The molecule has 9 aromatic carbocycles. The van der Waals surface area contributed by atoms with Crippen LogP contribution in [0.2, 0.25) is 0 Å². The van der Waals surface area contributed by atoms with Crippen molar-refractivity contribution in [2.45, 2.75) is 5.41 Å². The van der Waals surface area contributed by atoms with Crippen molar-refractivity contribution in [2.75, 3.05) is 4.90 Å². The molecule has 0 aliphatic heterocycles. The van der Waals surface area contributed by atoms with Gasteiger partial charge in [-0.2, -0.15) is 0 Å². The van der Waals surface area contributed by atoms with Gasteiger partial charge in [0.05, 0.1) is 5.41 Å². The average Bonchev–Trinajstić information content (AvgIpc) is 3.82. The Hall–Kier alpha value is -7.42. The fraction of sp³-hybridized carbons (Fsp3) is 0.0182. The van der Waals surface area contributed by atoms with Gasteiger partial charge >= 0.3 is 0 Å². The summed E-state index contributed by atoms with van der Waals surface area (Å²) < 4.78 is 6.90. The minimum absolute atomic E-state index is 0.531. The van der Waals surface area contributed by atoms with Gasteiger partial charge in [-0.05, 0) is 98.1 Å². The molecule has 0 N–H and O–H groups in total. The minimum atomic E-state index is -0.531. The largest absolute Gasteiger partial charge is 0.456 e. The number of furan rings is 1. The van der Waals surface area contributed by atoms with E-state index in [2.05, 4.69) is 229 Å². The lowest BCUT2D eigenvalue weighted by Gasteiger charge is -2.34. The summed E-state index contributed by atoms with van der Waals surface area (Å²) in [6, 6.07) is 80.9. The van der Waals surface area contributed by atoms with Crippen LogP contribution < -0.4 is 4.90 Å². The molecule has 1 heterocycles. The quantitative estimate of drug-likeness (QED) is 0.163. The molecule has 0 spiro atoms. The molecule has 0 saturated heterocycles. The summed E-state index contributed by atoms with van der Waals surface area (Å²) in [5, 5.41) is 2.24. The maximum atomic E-state index is 6.90. The normalized spacial score (nSPS) is 12.7. The number of rotatable bonds is 7.